The van der Waals surface area contributed by atoms with E-state index >= 15 is 0 Å². The molecule has 9 heteroatoms. The first kappa shape index (κ1) is 21.2. The van der Waals surface area contributed by atoms with Crippen molar-refractivity contribution in [3.63, 3.8) is 0 Å². The molecular weight excluding hydrogens is 402 g/mol. The molecule has 0 bridgehead atoms. The Morgan fingerprint density at radius 2 is 1.75 bits per heavy atom. The number of thiocarbonyl (C=S) groups is 1. The summed E-state index contributed by atoms with van der Waals surface area (Å²) < 4.78 is 10.3. The second-order valence-corrected chi connectivity index (χ2v) is 6.14. The first-order chi connectivity index (χ1) is 13.4. The lowest BCUT2D eigenvalue weighted by Crippen LogP contribution is -2.48. The molecule has 0 fully saturated rings. The van der Waals surface area contributed by atoms with Gasteiger partial charge in [0.05, 0.1) is 14.2 Å². The summed E-state index contributed by atoms with van der Waals surface area (Å²) >= 11 is 11.0. The molecule has 2 amide bonds. The summed E-state index contributed by atoms with van der Waals surface area (Å²) in [4.78, 5) is 24.1. The lowest BCUT2D eigenvalue weighted by atomic mass is 10.2. The van der Waals surface area contributed by atoms with Crippen molar-refractivity contribution in [1.82, 2.24) is 16.2 Å². The number of amides is 2. The Morgan fingerprint density at radius 1 is 1.04 bits per heavy atom. The van der Waals surface area contributed by atoms with Crippen molar-refractivity contribution in [2.24, 2.45) is 0 Å². The zero-order valence-corrected chi connectivity index (χ0v) is 16.7. The molecule has 0 radical (unpaired) electrons. The van der Waals surface area contributed by atoms with Crippen molar-refractivity contribution in [3.8, 4) is 11.5 Å². The smallest absolute Gasteiger partial charge is 0.269 e. The summed E-state index contributed by atoms with van der Waals surface area (Å²) in [6, 6.07) is 11.8. The fourth-order valence-electron chi connectivity index (χ4n) is 2.12. The average Bonchev–Trinajstić information content (AvgIpc) is 2.70. The van der Waals surface area contributed by atoms with Crippen molar-refractivity contribution in [2.45, 2.75) is 0 Å². The fraction of sp³-hybridized carbons (Fsp3) is 0.105. The summed E-state index contributed by atoms with van der Waals surface area (Å²) in [5.74, 6) is -0.0298. The Morgan fingerprint density at radius 3 is 2.43 bits per heavy atom. The summed E-state index contributed by atoms with van der Waals surface area (Å²) in [6.07, 6.45) is 2.84. The molecule has 0 aliphatic heterocycles. The molecule has 0 saturated heterocycles. The number of rotatable bonds is 5. The maximum atomic E-state index is 12.2. The van der Waals surface area contributed by atoms with Crippen LogP contribution in [-0.2, 0) is 4.79 Å². The van der Waals surface area contributed by atoms with Crippen LogP contribution in [0.1, 0.15) is 15.9 Å². The third-order valence-corrected chi connectivity index (χ3v) is 4.04. The molecule has 146 valence electrons. The maximum Gasteiger partial charge on any atom is 0.269 e. The third-order valence-electron chi connectivity index (χ3n) is 3.49. The average molecular weight is 420 g/mol. The minimum Gasteiger partial charge on any atom is -0.493 e. The lowest BCUT2D eigenvalue weighted by molar-refractivity contribution is -0.115. The fourth-order valence-corrected chi connectivity index (χ4v) is 2.47. The molecule has 0 atom stereocenters. The molecular formula is C19H18ClN3O4S. The van der Waals surface area contributed by atoms with Gasteiger partial charge in [0.25, 0.3) is 5.91 Å². The van der Waals surface area contributed by atoms with E-state index in [-0.39, 0.29) is 5.11 Å². The quantitative estimate of drug-likeness (QED) is 0.392. The van der Waals surface area contributed by atoms with Crippen molar-refractivity contribution >= 4 is 46.8 Å². The number of ether oxygens (including phenoxy) is 2. The molecule has 28 heavy (non-hydrogen) atoms. The van der Waals surface area contributed by atoms with Gasteiger partial charge in [-0.15, -0.1) is 0 Å². The predicted octanol–water partition coefficient (Wildman–Crippen LogP) is 2.71. The van der Waals surface area contributed by atoms with Crippen LogP contribution in [-0.4, -0.2) is 31.1 Å². The summed E-state index contributed by atoms with van der Waals surface area (Å²) in [5.41, 5.74) is 5.86. The van der Waals surface area contributed by atoms with Crippen LogP contribution in [0.15, 0.2) is 48.5 Å². The number of nitrogens with one attached hydrogen (secondary N) is 3. The van der Waals surface area contributed by atoms with Gasteiger partial charge in [0.15, 0.2) is 16.6 Å². The van der Waals surface area contributed by atoms with Gasteiger partial charge in [-0.2, -0.15) is 0 Å². The van der Waals surface area contributed by atoms with Gasteiger partial charge in [-0.3, -0.25) is 25.8 Å². The highest BCUT2D eigenvalue weighted by molar-refractivity contribution is 7.80. The Bertz CT molecular complexity index is 918. The first-order valence-electron chi connectivity index (χ1n) is 8.00. The molecule has 0 heterocycles. The first-order valence-corrected chi connectivity index (χ1v) is 8.79. The van der Waals surface area contributed by atoms with E-state index < -0.39 is 11.8 Å². The third kappa shape index (κ3) is 5.97. The van der Waals surface area contributed by atoms with E-state index in [0.29, 0.717) is 27.6 Å². The highest BCUT2D eigenvalue weighted by Crippen LogP contribution is 2.27. The van der Waals surface area contributed by atoms with Gasteiger partial charge in [-0.05, 0) is 48.1 Å². The van der Waals surface area contributed by atoms with Crippen molar-refractivity contribution in [3.05, 3.63) is 64.7 Å². The zero-order valence-electron chi connectivity index (χ0n) is 15.1. The van der Waals surface area contributed by atoms with Crippen LogP contribution in [0.5, 0.6) is 11.5 Å². The van der Waals surface area contributed by atoms with Gasteiger partial charge in [0, 0.05) is 16.7 Å². The molecule has 0 unspecified atom stereocenters. The number of hydrogen-bond donors (Lipinski definition) is 3. The van der Waals surface area contributed by atoms with Crippen molar-refractivity contribution < 1.29 is 19.1 Å². The Labute approximate surface area is 172 Å². The largest absolute Gasteiger partial charge is 0.493 e. The summed E-state index contributed by atoms with van der Waals surface area (Å²) in [5, 5.41) is 2.86. The van der Waals surface area contributed by atoms with E-state index in [1.807, 2.05) is 0 Å². The van der Waals surface area contributed by atoms with Crippen molar-refractivity contribution in [2.75, 3.05) is 14.2 Å². The van der Waals surface area contributed by atoms with E-state index in [9.17, 15) is 9.59 Å². The standard InChI is InChI=1S/C19H18ClN3O4S/c1-26-15-9-7-13(11-16(15)27-2)18(25)22-23-19(28)21-17(24)10-8-12-5-3-4-6-14(12)20/h3-11H,1-2H3,(H,22,25)(H2,21,23,24,28)/b10-8+. The molecule has 0 aliphatic rings. The van der Waals surface area contributed by atoms with E-state index in [0.717, 1.165) is 0 Å². The van der Waals surface area contributed by atoms with Crippen LogP contribution in [0.4, 0.5) is 0 Å². The van der Waals surface area contributed by atoms with Crippen LogP contribution < -0.4 is 25.6 Å². The van der Waals surface area contributed by atoms with Crippen LogP contribution >= 0.6 is 23.8 Å². The Hall–Kier alpha value is -3.10. The number of carbonyl (C=O) groups is 2. The topological polar surface area (TPSA) is 88.7 Å². The molecule has 0 aliphatic carbocycles. The van der Waals surface area contributed by atoms with Crippen molar-refractivity contribution in [1.29, 1.82) is 0 Å². The Kier molecular flexibility index (Phi) is 7.79. The summed E-state index contributed by atoms with van der Waals surface area (Å²) in [7, 11) is 2.97. The molecule has 0 aromatic heterocycles. The van der Waals surface area contributed by atoms with Gasteiger partial charge in [0.1, 0.15) is 0 Å². The second-order valence-electron chi connectivity index (χ2n) is 5.32. The SMILES string of the molecule is COc1ccc(C(=O)NNC(=S)NC(=O)/C=C/c2ccccc2Cl)cc1OC. The highest BCUT2D eigenvalue weighted by Gasteiger charge is 2.11. The van der Waals surface area contributed by atoms with E-state index in [1.54, 1.807) is 42.5 Å². The van der Waals surface area contributed by atoms with E-state index in [1.165, 1.54) is 26.4 Å². The van der Waals surface area contributed by atoms with E-state index in [2.05, 4.69) is 16.2 Å². The van der Waals surface area contributed by atoms with Crippen LogP contribution in [0.25, 0.3) is 6.08 Å². The number of methoxy groups -OCH3 is 2. The molecule has 2 rings (SSSR count). The van der Waals surface area contributed by atoms with Gasteiger partial charge >= 0.3 is 0 Å². The number of halogens is 1. The number of benzene rings is 2. The van der Waals surface area contributed by atoms with Crippen LogP contribution in [0.3, 0.4) is 0 Å². The maximum absolute atomic E-state index is 12.2. The number of hydrogen-bond acceptors (Lipinski definition) is 5. The van der Waals surface area contributed by atoms with Gasteiger partial charge in [-0.25, -0.2) is 0 Å². The second kappa shape index (κ2) is 10.3. The molecule has 3 N–H and O–H groups in total. The predicted molar refractivity (Wildman–Crippen MR) is 111 cm³/mol. The van der Waals surface area contributed by atoms with E-state index in [4.69, 9.17) is 33.3 Å². The molecule has 7 nitrogen and oxygen atoms in total. The number of hydrazine groups is 1. The van der Waals surface area contributed by atoms with Crippen LogP contribution in [0, 0.1) is 0 Å². The minimum atomic E-state index is -0.474. The van der Waals surface area contributed by atoms with Gasteiger partial charge in [0.2, 0.25) is 5.91 Å². The normalized spacial score (nSPS) is 10.2. The number of carbonyl (C=O) groups excluding carboxylic acids is 2. The molecule has 2 aromatic rings. The molecule has 0 spiro atoms. The lowest BCUT2D eigenvalue weighted by Gasteiger charge is -2.11. The molecule has 0 saturated carbocycles. The van der Waals surface area contributed by atoms with Gasteiger partial charge in [-0.1, -0.05) is 29.8 Å². The Balaban J connectivity index is 1.87. The zero-order chi connectivity index (χ0) is 20.5. The molecule has 2 aromatic carbocycles. The van der Waals surface area contributed by atoms with Gasteiger partial charge < -0.3 is 9.47 Å². The minimum absolute atomic E-state index is 0.0670. The monoisotopic (exact) mass is 419 g/mol. The highest BCUT2D eigenvalue weighted by atomic mass is 35.5. The summed E-state index contributed by atoms with van der Waals surface area (Å²) in [6.45, 7) is 0. The van der Waals surface area contributed by atoms with Crippen LogP contribution in [0.2, 0.25) is 5.02 Å².